The standard InChI is InChI=1S/C25H23N7O3/c1-25(2)19-10-16(8-9-17(19)21(11-26)35-25)29-24-27-12-18(23-32-28-14-34-23)22(31-24)30-20(13-33)15-6-4-3-5-7-15/h3-10,12,14,20-21,33H,13H2,1-2H3,(H2,27,29,30,31)/t20-,21?/m1/s1. The van der Waals surface area contributed by atoms with Gasteiger partial charge in [-0.2, -0.15) is 10.2 Å². The third kappa shape index (κ3) is 4.42. The average Bonchev–Trinajstić information content (AvgIpc) is 3.49. The second kappa shape index (κ2) is 9.13. The van der Waals surface area contributed by atoms with E-state index in [-0.39, 0.29) is 12.5 Å². The number of nitrogens with one attached hydrogen (secondary N) is 2. The Morgan fingerprint density at radius 3 is 2.74 bits per heavy atom. The molecule has 2 aromatic carbocycles. The highest BCUT2D eigenvalue weighted by Crippen LogP contribution is 2.44. The van der Waals surface area contributed by atoms with Crippen LogP contribution >= 0.6 is 0 Å². The van der Waals surface area contributed by atoms with Gasteiger partial charge in [-0.05, 0) is 37.1 Å². The minimum absolute atomic E-state index is 0.153. The van der Waals surface area contributed by atoms with Crippen molar-refractivity contribution in [3.8, 4) is 17.5 Å². The molecule has 4 aromatic rings. The lowest BCUT2D eigenvalue weighted by molar-refractivity contribution is -0.0276. The van der Waals surface area contributed by atoms with Crippen molar-refractivity contribution in [2.24, 2.45) is 0 Å². The van der Waals surface area contributed by atoms with E-state index in [1.807, 2.05) is 62.4 Å². The van der Waals surface area contributed by atoms with Crippen molar-refractivity contribution in [3.05, 3.63) is 77.8 Å². The Bertz CT molecular complexity index is 1370. The van der Waals surface area contributed by atoms with Crippen LogP contribution in [0.25, 0.3) is 11.5 Å². The molecule has 10 heteroatoms. The molecular weight excluding hydrogens is 446 g/mol. The first-order valence-electron chi connectivity index (χ1n) is 11.0. The van der Waals surface area contributed by atoms with E-state index in [0.717, 1.165) is 22.4 Å². The predicted molar refractivity (Wildman–Crippen MR) is 127 cm³/mol. The first-order chi connectivity index (χ1) is 17.0. The zero-order valence-electron chi connectivity index (χ0n) is 19.1. The van der Waals surface area contributed by atoms with Gasteiger partial charge in [0.25, 0.3) is 5.89 Å². The van der Waals surface area contributed by atoms with E-state index in [2.05, 4.69) is 36.9 Å². The minimum Gasteiger partial charge on any atom is -0.423 e. The van der Waals surface area contributed by atoms with Gasteiger partial charge in [0.1, 0.15) is 5.82 Å². The molecule has 2 aromatic heterocycles. The molecule has 1 unspecified atom stereocenters. The SMILES string of the molecule is CC1(C)OC(C#N)c2ccc(Nc3ncc(-c4nnco4)c(N[C@H](CO)c4ccccc4)n3)cc21. The Morgan fingerprint density at radius 2 is 2.03 bits per heavy atom. The maximum absolute atomic E-state index is 10.0. The van der Waals surface area contributed by atoms with Crippen molar-refractivity contribution >= 4 is 17.5 Å². The number of fused-ring (bicyclic) bond motifs is 1. The van der Waals surface area contributed by atoms with E-state index in [9.17, 15) is 10.4 Å². The van der Waals surface area contributed by atoms with Gasteiger partial charge < -0.3 is 24.9 Å². The summed E-state index contributed by atoms with van der Waals surface area (Å²) < 4.78 is 11.2. The Hall–Kier alpha value is -4.33. The zero-order chi connectivity index (χ0) is 24.4. The normalized spacial score (nSPS) is 16.8. The van der Waals surface area contributed by atoms with Crippen molar-refractivity contribution in [1.82, 2.24) is 20.2 Å². The fourth-order valence-corrected chi connectivity index (χ4v) is 4.11. The molecule has 0 saturated carbocycles. The molecule has 10 nitrogen and oxygen atoms in total. The highest BCUT2D eigenvalue weighted by atomic mass is 16.5. The predicted octanol–water partition coefficient (Wildman–Crippen LogP) is 4.25. The summed E-state index contributed by atoms with van der Waals surface area (Å²) in [6, 6.07) is 17.0. The van der Waals surface area contributed by atoms with Gasteiger partial charge in [-0.1, -0.05) is 36.4 Å². The molecule has 35 heavy (non-hydrogen) atoms. The quantitative estimate of drug-likeness (QED) is 0.359. The van der Waals surface area contributed by atoms with Crippen LogP contribution in [-0.2, 0) is 10.3 Å². The molecule has 0 bridgehead atoms. The van der Waals surface area contributed by atoms with E-state index >= 15 is 0 Å². The van der Waals surface area contributed by atoms with Gasteiger partial charge in [0.15, 0.2) is 6.10 Å². The number of benzene rings is 2. The number of aliphatic hydroxyl groups excluding tert-OH is 1. The molecule has 176 valence electrons. The lowest BCUT2D eigenvalue weighted by Crippen LogP contribution is -2.17. The Kier molecular flexibility index (Phi) is 5.86. The lowest BCUT2D eigenvalue weighted by atomic mass is 9.94. The minimum atomic E-state index is -0.594. The maximum atomic E-state index is 10.0. The smallest absolute Gasteiger partial charge is 0.252 e. The van der Waals surface area contributed by atoms with Crippen LogP contribution in [0, 0.1) is 11.3 Å². The summed E-state index contributed by atoms with van der Waals surface area (Å²) in [5.74, 6) is 1.00. The summed E-state index contributed by atoms with van der Waals surface area (Å²) in [7, 11) is 0. The Labute approximate surface area is 201 Å². The number of anilines is 3. The summed E-state index contributed by atoms with van der Waals surface area (Å²) in [6.07, 6.45) is 2.22. The largest absolute Gasteiger partial charge is 0.423 e. The molecule has 5 rings (SSSR count). The molecule has 3 N–H and O–H groups in total. The number of nitriles is 1. The highest BCUT2D eigenvalue weighted by molar-refractivity contribution is 5.70. The number of aliphatic hydroxyl groups is 1. The van der Waals surface area contributed by atoms with Gasteiger partial charge in [0.05, 0.1) is 29.9 Å². The van der Waals surface area contributed by atoms with E-state index in [1.54, 1.807) is 6.20 Å². The molecule has 0 spiro atoms. The molecule has 1 aliphatic rings. The van der Waals surface area contributed by atoms with E-state index in [4.69, 9.17) is 9.15 Å². The first kappa shape index (κ1) is 22.5. The number of rotatable bonds is 7. The molecule has 0 amide bonds. The molecule has 2 atom stereocenters. The van der Waals surface area contributed by atoms with Crippen LogP contribution in [0.2, 0.25) is 0 Å². The van der Waals surface area contributed by atoms with Crippen LogP contribution in [0.1, 0.15) is 42.7 Å². The second-order valence-electron chi connectivity index (χ2n) is 8.55. The second-order valence-corrected chi connectivity index (χ2v) is 8.55. The molecule has 0 aliphatic carbocycles. The molecule has 0 radical (unpaired) electrons. The van der Waals surface area contributed by atoms with Gasteiger partial charge in [-0.3, -0.25) is 0 Å². The van der Waals surface area contributed by atoms with Crippen LogP contribution in [0.3, 0.4) is 0 Å². The number of hydrogen-bond donors (Lipinski definition) is 3. The van der Waals surface area contributed by atoms with Crippen molar-refractivity contribution in [3.63, 3.8) is 0 Å². The van der Waals surface area contributed by atoms with Gasteiger partial charge >= 0.3 is 0 Å². The summed E-state index contributed by atoms with van der Waals surface area (Å²) in [6.45, 7) is 3.71. The van der Waals surface area contributed by atoms with Gasteiger partial charge in [-0.25, -0.2) is 4.98 Å². The van der Waals surface area contributed by atoms with Crippen molar-refractivity contribution < 1.29 is 14.3 Å². The van der Waals surface area contributed by atoms with Crippen molar-refractivity contribution in [2.75, 3.05) is 17.2 Å². The van der Waals surface area contributed by atoms with Gasteiger partial charge in [0.2, 0.25) is 12.3 Å². The summed E-state index contributed by atoms with van der Waals surface area (Å²) in [5, 5.41) is 33.7. The lowest BCUT2D eigenvalue weighted by Gasteiger charge is -2.20. The zero-order valence-corrected chi connectivity index (χ0v) is 19.1. The number of ether oxygens (including phenoxy) is 1. The van der Waals surface area contributed by atoms with Crippen LogP contribution in [0.5, 0.6) is 0 Å². The highest BCUT2D eigenvalue weighted by Gasteiger charge is 2.38. The van der Waals surface area contributed by atoms with Gasteiger partial charge in [0, 0.05) is 17.4 Å². The summed E-state index contributed by atoms with van der Waals surface area (Å²) in [4.78, 5) is 9.06. The third-order valence-corrected chi connectivity index (χ3v) is 5.84. The molecule has 0 fully saturated rings. The summed E-state index contributed by atoms with van der Waals surface area (Å²) in [5.41, 5.74) is 3.34. The van der Waals surface area contributed by atoms with Gasteiger partial charge in [-0.15, -0.1) is 10.2 Å². The van der Waals surface area contributed by atoms with Crippen molar-refractivity contribution in [2.45, 2.75) is 31.6 Å². The van der Waals surface area contributed by atoms with Crippen molar-refractivity contribution in [1.29, 1.82) is 5.26 Å². The fraction of sp³-hybridized carbons (Fsp3) is 0.240. The summed E-state index contributed by atoms with van der Waals surface area (Å²) >= 11 is 0. The number of nitrogens with zero attached hydrogens (tertiary/aromatic N) is 5. The third-order valence-electron chi connectivity index (χ3n) is 5.84. The number of aromatic nitrogens is 4. The Balaban J connectivity index is 1.48. The topological polar surface area (TPSA) is 142 Å². The van der Waals surface area contributed by atoms with Crippen LogP contribution in [0.15, 0.2) is 65.5 Å². The molecular formula is C25H23N7O3. The average molecular weight is 470 g/mol. The molecule has 0 saturated heterocycles. The molecule has 3 heterocycles. The van der Waals surface area contributed by atoms with Crippen LogP contribution in [-0.4, -0.2) is 31.9 Å². The maximum Gasteiger partial charge on any atom is 0.252 e. The van der Waals surface area contributed by atoms with E-state index < -0.39 is 17.7 Å². The van der Waals surface area contributed by atoms with E-state index in [1.165, 1.54) is 6.39 Å². The van der Waals surface area contributed by atoms with E-state index in [0.29, 0.717) is 17.3 Å². The number of hydrogen-bond acceptors (Lipinski definition) is 10. The van der Waals surface area contributed by atoms with Crippen LogP contribution < -0.4 is 10.6 Å². The van der Waals surface area contributed by atoms with Crippen LogP contribution in [0.4, 0.5) is 17.5 Å². The molecule has 1 aliphatic heterocycles. The fourth-order valence-electron chi connectivity index (χ4n) is 4.11. The Morgan fingerprint density at radius 1 is 1.20 bits per heavy atom. The first-order valence-corrected chi connectivity index (χ1v) is 11.0. The monoisotopic (exact) mass is 469 g/mol.